The summed E-state index contributed by atoms with van der Waals surface area (Å²) in [5.74, 6) is 5.21. The monoisotopic (exact) mass is 344 g/mol. The van der Waals surface area contributed by atoms with Crippen LogP contribution >= 0.6 is 0 Å². The number of hydrogen-bond donors (Lipinski definition) is 0. The molecule has 4 saturated carbocycles. The zero-order valence-electron chi connectivity index (χ0n) is 16.3. The summed E-state index contributed by atoms with van der Waals surface area (Å²) >= 11 is 0. The van der Waals surface area contributed by atoms with Crippen LogP contribution < -0.4 is 0 Å². The van der Waals surface area contributed by atoms with Gasteiger partial charge in [-0.25, -0.2) is 0 Å². The first-order valence-corrected chi connectivity index (χ1v) is 11.2. The summed E-state index contributed by atoms with van der Waals surface area (Å²) in [5.41, 5.74) is 1.13. The number of cyclic esters (lactones) is 1. The summed E-state index contributed by atoms with van der Waals surface area (Å²) in [6.45, 7) is 5.98. The Kier molecular flexibility index (Phi) is 3.81. The van der Waals surface area contributed by atoms with Crippen LogP contribution in [0.5, 0.6) is 0 Å². The highest BCUT2D eigenvalue weighted by molar-refractivity contribution is 5.71. The minimum Gasteiger partial charge on any atom is -0.465 e. The second-order valence-corrected chi connectivity index (χ2v) is 10.8. The summed E-state index contributed by atoms with van der Waals surface area (Å²) in [6, 6.07) is 0. The lowest BCUT2D eigenvalue weighted by atomic mass is 9.44. The van der Waals surface area contributed by atoms with Gasteiger partial charge in [-0.3, -0.25) is 4.79 Å². The van der Waals surface area contributed by atoms with Gasteiger partial charge in [0.15, 0.2) is 0 Å². The standard InChI is InChI=1S/C23H36O2/c1-22-11-4-3-5-16(22)6-7-17-19-9-8-18(15-13-21(24)25-14-15)23(19,2)12-10-20(17)22/h15-20H,3-14H2,1-2H3/t15-,16-,17-,18+,19-,20-,22-,23+/m0/s1. The predicted octanol–water partition coefficient (Wildman–Crippen LogP) is 5.60. The first-order chi connectivity index (χ1) is 12.0. The molecule has 2 nitrogen and oxygen atoms in total. The van der Waals surface area contributed by atoms with Crippen LogP contribution in [0.1, 0.15) is 84.5 Å². The number of fused-ring (bicyclic) bond motifs is 5. The molecule has 0 radical (unpaired) electrons. The van der Waals surface area contributed by atoms with Gasteiger partial charge in [-0.1, -0.05) is 26.7 Å². The molecule has 0 aromatic carbocycles. The molecular formula is C23H36O2. The Hall–Kier alpha value is -0.530. The van der Waals surface area contributed by atoms with Gasteiger partial charge in [0.05, 0.1) is 13.0 Å². The van der Waals surface area contributed by atoms with E-state index in [1.165, 1.54) is 64.2 Å². The summed E-state index contributed by atoms with van der Waals surface area (Å²) < 4.78 is 5.36. The molecule has 0 spiro atoms. The molecule has 0 N–H and O–H groups in total. The molecule has 2 heteroatoms. The molecule has 5 rings (SSSR count). The Morgan fingerprint density at radius 3 is 2.44 bits per heavy atom. The van der Waals surface area contributed by atoms with Gasteiger partial charge in [0.2, 0.25) is 0 Å². The Labute approximate surface area is 153 Å². The molecule has 25 heavy (non-hydrogen) atoms. The molecular weight excluding hydrogens is 308 g/mol. The van der Waals surface area contributed by atoms with Gasteiger partial charge in [-0.15, -0.1) is 0 Å². The van der Waals surface area contributed by atoms with E-state index in [-0.39, 0.29) is 5.97 Å². The predicted molar refractivity (Wildman–Crippen MR) is 98.9 cm³/mol. The lowest BCUT2D eigenvalue weighted by Gasteiger charge is -2.60. The molecule has 5 aliphatic rings. The quantitative estimate of drug-likeness (QED) is 0.579. The van der Waals surface area contributed by atoms with Crippen molar-refractivity contribution in [3.8, 4) is 0 Å². The van der Waals surface area contributed by atoms with Crippen molar-refractivity contribution < 1.29 is 9.53 Å². The van der Waals surface area contributed by atoms with Crippen LogP contribution in [0.25, 0.3) is 0 Å². The van der Waals surface area contributed by atoms with Crippen molar-refractivity contribution >= 4 is 5.97 Å². The first kappa shape index (κ1) is 16.6. The molecule has 0 aromatic heterocycles. The van der Waals surface area contributed by atoms with Crippen LogP contribution in [-0.2, 0) is 9.53 Å². The van der Waals surface area contributed by atoms with Crippen molar-refractivity contribution in [3.63, 3.8) is 0 Å². The molecule has 1 saturated heterocycles. The summed E-state index contributed by atoms with van der Waals surface area (Å²) in [5, 5.41) is 0. The third-order valence-electron chi connectivity index (χ3n) is 10.1. The molecule has 4 aliphatic carbocycles. The summed E-state index contributed by atoms with van der Waals surface area (Å²) in [4.78, 5) is 11.7. The molecule has 140 valence electrons. The topological polar surface area (TPSA) is 26.3 Å². The SMILES string of the molecule is C[C@]12CCCC[C@H]1CC[C@@H]1[C@@H]2CC[C@]2(C)[C@@H]([C@@H]3COC(=O)C3)CC[C@@H]12. The maximum absolute atomic E-state index is 11.7. The van der Waals surface area contributed by atoms with Gasteiger partial charge in [-0.2, -0.15) is 0 Å². The van der Waals surface area contributed by atoms with Crippen LogP contribution in [0.3, 0.4) is 0 Å². The zero-order chi connectivity index (χ0) is 17.2. The van der Waals surface area contributed by atoms with Crippen LogP contribution in [0.2, 0.25) is 0 Å². The molecule has 0 amide bonds. The largest absolute Gasteiger partial charge is 0.465 e. The van der Waals surface area contributed by atoms with Crippen LogP contribution in [0.15, 0.2) is 0 Å². The number of carbonyl (C=O) groups is 1. The van der Waals surface area contributed by atoms with Gasteiger partial charge in [0.1, 0.15) is 0 Å². The highest BCUT2D eigenvalue weighted by Gasteiger charge is 2.60. The molecule has 8 atom stereocenters. The number of hydrogen-bond acceptors (Lipinski definition) is 2. The molecule has 5 fully saturated rings. The molecule has 0 bridgehead atoms. The van der Waals surface area contributed by atoms with Crippen molar-refractivity contribution in [3.05, 3.63) is 0 Å². The maximum atomic E-state index is 11.7. The smallest absolute Gasteiger partial charge is 0.306 e. The Morgan fingerprint density at radius 2 is 1.64 bits per heavy atom. The van der Waals surface area contributed by atoms with Gasteiger partial charge >= 0.3 is 5.97 Å². The third-order valence-corrected chi connectivity index (χ3v) is 10.1. The van der Waals surface area contributed by atoms with Crippen molar-refractivity contribution in [1.82, 2.24) is 0 Å². The highest BCUT2D eigenvalue weighted by atomic mass is 16.5. The fourth-order valence-corrected chi connectivity index (χ4v) is 8.90. The number of esters is 1. The second-order valence-electron chi connectivity index (χ2n) is 10.8. The van der Waals surface area contributed by atoms with Crippen LogP contribution in [0, 0.1) is 46.3 Å². The van der Waals surface area contributed by atoms with Crippen LogP contribution in [-0.4, -0.2) is 12.6 Å². The van der Waals surface area contributed by atoms with Crippen molar-refractivity contribution in [2.24, 2.45) is 46.3 Å². The minimum atomic E-state index is 0.0564. The van der Waals surface area contributed by atoms with Gasteiger partial charge < -0.3 is 4.74 Å². The van der Waals surface area contributed by atoms with E-state index in [0.29, 0.717) is 29.8 Å². The van der Waals surface area contributed by atoms with Gasteiger partial charge in [-0.05, 0) is 91.8 Å². The van der Waals surface area contributed by atoms with Crippen molar-refractivity contribution in [2.45, 2.75) is 84.5 Å². The van der Waals surface area contributed by atoms with E-state index in [1.807, 2.05) is 0 Å². The van der Waals surface area contributed by atoms with Gasteiger partial charge in [0.25, 0.3) is 0 Å². The maximum Gasteiger partial charge on any atom is 0.306 e. The Bertz CT molecular complexity index is 556. The summed E-state index contributed by atoms with van der Waals surface area (Å²) in [6.07, 6.45) is 15.3. The summed E-state index contributed by atoms with van der Waals surface area (Å²) in [7, 11) is 0. The average Bonchev–Trinajstić information content (AvgIpc) is 3.16. The van der Waals surface area contributed by atoms with E-state index >= 15 is 0 Å². The molecule has 0 unspecified atom stereocenters. The van der Waals surface area contributed by atoms with E-state index in [9.17, 15) is 4.79 Å². The van der Waals surface area contributed by atoms with E-state index in [2.05, 4.69) is 13.8 Å². The normalized spacial score (nSPS) is 55.2. The minimum absolute atomic E-state index is 0.0564. The molecule has 1 heterocycles. The lowest BCUT2D eigenvalue weighted by molar-refractivity contribution is -0.137. The first-order valence-electron chi connectivity index (χ1n) is 11.2. The molecule has 0 aromatic rings. The fraction of sp³-hybridized carbons (Fsp3) is 0.957. The second kappa shape index (κ2) is 5.73. The van der Waals surface area contributed by atoms with E-state index < -0.39 is 0 Å². The zero-order valence-corrected chi connectivity index (χ0v) is 16.3. The van der Waals surface area contributed by atoms with Crippen LogP contribution in [0.4, 0.5) is 0 Å². The lowest BCUT2D eigenvalue weighted by Crippen LogP contribution is -2.53. The van der Waals surface area contributed by atoms with E-state index in [1.54, 1.807) is 0 Å². The van der Waals surface area contributed by atoms with E-state index in [0.717, 1.165) is 29.6 Å². The fourth-order valence-electron chi connectivity index (χ4n) is 8.90. The Morgan fingerprint density at radius 1 is 0.840 bits per heavy atom. The average molecular weight is 345 g/mol. The number of carbonyl (C=O) groups excluding carboxylic acids is 1. The van der Waals surface area contributed by atoms with E-state index in [4.69, 9.17) is 4.74 Å². The van der Waals surface area contributed by atoms with Gasteiger partial charge in [0, 0.05) is 5.92 Å². The highest BCUT2D eigenvalue weighted by Crippen LogP contribution is 2.68. The third kappa shape index (κ3) is 2.31. The Balaban J connectivity index is 1.40. The number of ether oxygens (including phenoxy) is 1. The number of rotatable bonds is 1. The molecule has 1 aliphatic heterocycles. The van der Waals surface area contributed by atoms with Crippen molar-refractivity contribution in [1.29, 1.82) is 0 Å². The van der Waals surface area contributed by atoms with Crippen molar-refractivity contribution in [2.75, 3.05) is 6.61 Å².